The van der Waals surface area contributed by atoms with Gasteiger partial charge < -0.3 is 9.80 Å². The molecule has 1 heterocycles. The number of hydrogen-bond acceptors (Lipinski definition) is 2. The molecule has 0 spiro atoms. The molecule has 1 amide bonds. The van der Waals surface area contributed by atoms with Gasteiger partial charge in [0.1, 0.15) is 0 Å². The van der Waals surface area contributed by atoms with E-state index >= 15 is 0 Å². The van der Waals surface area contributed by atoms with Crippen molar-refractivity contribution in [3.63, 3.8) is 0 Å². The average Bonchev–Trinajstić information content (AvgIpc) is 2.61. The van der Waals surface area contributed by atoms with Gasteiger partial charge in [-0.05, 0) is 73.8 Å². The summed E-state index contributed by atoms with van der Waals surface area (Å²) in [5.41, 5.74) is 1.45. The van der Waals surface area contributed by atoms with Crippen LogP contribution in [0.1, 0.15) is 44.9 Å². The van der Waals surface area contributed by atoms with Gasteiger partial charge >= 0.3 is 0 Å². The van der Waals surface area contributed by atoms with E-state index in [1.54, 1.807) is 0 Å². The Morgan fingerprint density at radius 2 is 1.54 bits per heavy atom. The molecule has 4 saturated carbocycles. The molecule has 4 heteroatoms. The van der Waals surface area contributed by atoms with Crippen LogP contribution in [0.4, 0.5) is 5.69 Å². The molecule has 140 valence electrons. The van der Waals surface area contributed by atoms with Crippen LogP contribution in [0.15, 0.2) is 24.3 Å². The van der Waals surface area contributed by atoms with Crippen LogP contribution < -0.4 is 4.90 Å². The number of anilines is 1. The van der Waals surface area contributed by atoms with E-state index in [0.29, 0.717) is 11.3 Å². The largest absolute Gasteiger partial charge is 0.367 e. The summed E-state index contributed by atoms with van der Waals surface area (Å²) in [5, 5.41) is 0.806. The van der Waals surface area contributed by atoms with Gasteiger partial charge in [0.05, 0.1) is 10.7 Å². The molecule has 4 aliphatic carbocycles. The van der Waals surface area contributed by atoms with Crippen molar-refractivity contribution in [1.29, 1.82) is 0 Å². The summed E-state index contributed by atoms with van der Waals surface area (Å²) in [6.07, 6.45) is 9.12. The van der Waals surface area contributed by atoms with Gasteiger partial charge in [-0.1, -0.05) is 23.7 Å². The molecule has 3 nitrogen and oxygen atoms in total. The SMILES string of the molecule is O=C(CC12CC3CC(CC(C3)C1)C2)N1CCN(c2ccccc2Cl)CC1. The summed E-state index contributed by atoms with van der Waals surface area (Å²) in [6, 6.07) is 8.03. The first-order valence-corrected chi connectivity index (χ1v) is 10.8. The Bertz CT molecular complexity index is 660. The minimum absolute atomic E-state index is 0.353. The second-order valence-electron chi connectivity index (χ2n) is 9.41. The molecule has 0 unspecified atom stereocenters. The van der Waals surface area contributed by atoms with Crippen LogP contribution in [0.25, 0.3) is 0 Å². The van der Waals surface area contributed by atoms with Crippen LogP contribution in [0.5, 0.6) is 0 Å². The summed E-state index contributed by atoms with van der Waals surface area (Å²) in [4.78, 5) is 17.5. The Morgan fingerprint density at radius 1 is 0.962 bits per heavy atom. The van der Waals surface area contributed by atoms with E-state index in [-0.39, 0.29) is 0 Å². The Balaban J connectivity index is 1.21. The summed E-state index contributed by atoms with van der Waals surface area (Å²) in [5.74, 6) is 3.18. The number of hydrogen-bond donors (Lipinski definition) is 0. The molecule has 1 saturated heterocycles. The predicted octanol–water partition coefficient (Wildman–Crippen LogP) is 4.60. The van der Waals surface area contributed by atoms with Gasteiger partial charge in [0, 0.05) is 32.6 Å². The highest BCUT2D eigenvalue weighted by Gasteiger charge is 2.51. The molecule has 0 N–H and O–H groups in total. The summed E-state index contributed by atoms with van der Waals surface area (Å²) < 4.78 is 0. The van der Waals surface area contributed by atoms with Crippen molar-refractivity contribution >= 4 is 23.2 Å². The molecule has 1 aromatic rings. The molecule has 6 rings (SSSR count). The molecule has 0 aromatic heterocycles. The van der Waals surface area contributed by atoms with Crippen LogP contribution in [-0.2, 0) is 4.79 Å². The summed E-state index contributed by atoms with van der Waals surface area (Å²) >= 11 is 6.34. The second kappa shape index (κ2) is 6.44. The van der Waals surface area contributed by atoms with Crippen LogP contribution >= 0.6 is 11.6 Å². The number of carbonyl (C=O) groups is 1. The number of para-hydroxylation sites is 1. The van der Waals surface area contributed by atoms with Gasteiger partial charge in [-0.2, -0.15) is 0 Å². The van der Waals surface area contributed by atoms with Crippen LogP contribution in [0.3, 0.4) is 0 Å². The van der Waals surface area contributed by atoms with E-state index in [1.165, 1.54) is 38.5 Å². The van der Waals surface area contributed by atoms with E-state index in [9.17, 15) is 4.79 Å². The number of amides is 1. The predicted molar refractivity (Wildman–Crippen MR) is 105 cm³/mol. The van der Waals surface area contributed by atoms with Crippen molar-refractivity contribution < 1.29 is 4.79 Å². The van der Waals surface area contributed by atoms with Crippen molar-refractivity contribution in [2.75, 3.05) is 31.1 Å². The Kier molecular flexibility index (Phi) is 4.19. The maximum Gasteiger partial charge on any atom is 0.223 e. The zero-order valence-corrected chi connectivity index (χ0v) is 16.3. The van der Waals surface area contributed by atoms with E-state index in [4.69, 9.17) is 11.6 Å². The Hall–Kier alpha value is -1.22. The maximum absolute atomic E-state index is 13.1. The number of piperazine rings is 1. The summed E-state index contributed by atoms with van der Waals surface area (Å²) in [7, 11) is 0. The highest BCUT2D eigenvalue weighted by Crippen LogP contribution is 2.61. The first kappa shape index (κ1) is 16.9. The van der Waals surface area contributed by atoms with Crippen molar-refractivity contribution in [1.82, 2.24) is 4.90 Å². The zero-order valence-electron chi connectivity index (χ0n) is 15.5. The van der Waals surface area contributed by atoms with E-state index in [0.717, 1.165) is 61.1 Å². The molecule has 1 aliphatic heterocycles. The molecule has 5 aliphatic rings. The van der Waals surface area contributed by atoms with Gasteiger partial charge in [0.2, 0.25) is 5.91 Å². The van der Waals surface area contributed by atoms with E-state index < -0.39 is 0 Å². The van der Waals surface area contributed by atoms with Crippen molar-refractivity contribution in [3.05, 3.63) is 29.3 Å². The van der Waals surface area contributed by atoms with Gasteiger partial charge in [-0.3, -0.25) is 4.79 Å². The van der Waals surface area contributed by atoms with Crippen molar-refractivity contribution in [2.45, 2.75) is 44.9 Å². The lowest BCUT2D eigenvalue weighted by atomic mass is 9.49. The molecular formula is C22H29ClN2O. The monoisotopic (exact) mass is 372 g/mol. The number of carbonyl (C=O) groups excluding carboxylic acids is 1. The third kappa shape index (κ3) is 3.02. The fourth-order valence-corrected chi connectivity index (χ4v) is 7.10. The standard InChI is InChI=1S/C22H29ClN2O/c23-19-3-1-2-4-20(19)24-5-7-25(8-6-24)21(26)15-22-12-16-9-17(13-22)11-18(10-16)14-22/h1-4,16-18H,5-15H2. The lowest BCUT2D eigenvalue weighted by Gasteiger charge is -2.57. The quantitative estimate of drug-likeness (QED) is 0.774. The lowest BCUT2D eigenvalue weighted by molar-refractivity contribution is -0.139. The van der Waals surface area contributed by atoms with Crippen LogP contribution in [0, 0.1) is 23.2 Å². The van der Waals surface area contributed by atoms with Gasteiger partial charge in [-0.15, -0.1) is 0 Å². The van der Waals surface area contributed by atoms with Gasteiger partial charge in [0.25, 0.3) is 0 Å². The first-order chi connectivity index (χ1) is 12.6. The molecule has 0 radical (unpaired) electrons. The number of halogens is 1. The van der Waals surface area contributed by atoms with Crippen molar-refractivity contribution in [2.24, 2.45) is 23.2 Å². The van der Waals surface area contributed by atoms with Gasteiger partial charge in [0.15, 0.2) is 0 Å². The third-order valence-corrected chi connectivity index (χ3v) is 7.84. The second-order valence-corrected chi connectivity index (χ2v) is 9.82. The van der Waals surface area contributed by atoms with Crippen LogP contribution in [-0.4, -0.2) is 37.0 Å². The Labute approximate surface area is 161 Å². The third-order valence-electron chi connectivity index (χ3n) is 7.52. The molecule has 4 bridgehead atoms. The van der Waals surface area contributed by atoms with Gasteiger partial charge in [-0.25, -0.2) is 0 Å². The molecule has 26 heavy (non-hydrogen) atoms. The average molecular weight is 373 g/mol. The van der Waals surface area contributed by atoms with E-state index in [1.807, 2.05) is 18.2 Å². The Morgan fingerprint density at radius 3 is 2.12 bits per heavy atom. The molecular weight excluding hydrogens is 344 g/mol. The van der Waals surface area contributed by atoms with Crippen LogP contribution in [0.2, 0.25) is 5.02 Å². The minimum Gasteiger partial charge on any atom is -0.367 e. The molecule has 0 atom stereocenters. The number of benzene rings is 1. The smallest absolute Gasteiger partial charge is 0.223 e. The highest BCUT2D eigenvalue weighted by molar-refractivity contribution is 6.33. The molecule has 1 aromatic carbocycles. The number of nitrogens with zero attached hydrogens (tertiary/aromatic N) is 2. The normalized spacial score (nSPS) is 35.8. The van der Waals surface area contributed by atoms with E-state index in [2.05, 4.69) is 15.9 Å². The first-order valence-electron chi connectivity index (χ1n) is 10.4. The summed E-state index contributed by atoms with van der Waals surface area (Å²) in [6.45, 7) is 3.43. The topological polar surface area (TPSA) is 23.6 Å². The zero-order chi connectivity index (χ0) is 17.7. The fraction of sp³-hybridized carbons (Fsp3) is 0.682. The van der Waals surface area contributed by atoms with Crippen molar-refractivity contribution in [3.8, 4) is 0 Å². The highest BCUT2D eigenvalue weighted by atomic mass is 35.5. The fourth-order valence-electron chi connectivity index (χ4n) is 6.84. The molecule has 5 fully saturated rings. The minimum atomic E-state index is 0.353. The number of rotatable bonds is 3. The maximum atomic E-state index is 13.1. The lowest BCUT2D eigenvalue weighted by Crippen LogP contribution is -2.52.